The predicted octanol–water partition coefficient (Wildman–Crippen LogP) is 4.43. The normalized spacial score (nSPS) is 19.1. The summed E-state index contributed by atoms with van der Waals surface area (Å²) in [7, 11) is 0. The van der Waals surface area contributed by atoms with E-state index in [0.29, 0.717) is 12.2 Å². The molecule has 1 aliphatic rings. The number of hydrogen-bond donors (Lipinski definition) is 1. The Bertz CT molecular complexity index is 497. The van der Waals surface area contributed by atoms with Crippen LogP contribution in [-0.4, -0.2) is 17.7 Å². The lowest BCUT2D eigenvalue weighted by Gasteiger charge is -2.37. The SMILES string of the molecule is CC(C)(C)CCOC(=O)C(O)(c1ccccc1)C1CCCCC1. The van der Waals surface area contributed by atoms with Gasteiger partial charge in [-0.3, -0.25) is 0 Å². The second kappa shape index (κ2) is 7.48. The zero-order valence-corrected chi connectivity index (χ0v) is 14.7. The maximum absolute atomic E-state index is 12.8. The van der Waals surface area contributed by atoms with E-state index in [2.05, 4.69) is 20.8 Å². The predicted molar refractivity (Wildman–Crippen MR) is 91.9 cm³/mol. The third kappa shape index (κ3) is 4.57. The molecule has 0 radical (unpaired) electrons. The van der Waals surface area contributed by atoms with Crippen molar-refractivity contribution in [2.75, 3.05) is 6.61 Å². The van der Waals surface area contributed by atoms with Crippen LogP contribution in [0.4, 0.5) is 0 Å². The van der Waals surface area contributed by atoms with Crippen molar-refractivity contribution in [3.63, 3.8) is 0 Å². The van der Waals surface area contributed by atoms with E-state index in [9.17, 15) is 9.90 Å². The number of carbonyl (C=O) groups excluding carboxylic acids is 1. The molecule has 1 aromatic rings. The van der Waals surface area contributed by atoms with Crippen molar-refractivity contribution in [3.8, 4) is 0 Å². The lowest BCUT2D eigenvalue weighted by atomic mass is 9.73. The van der Waals surface area contributed by atoms with Crippen molar-refractivity contribution in [2.24, 2.45) is 11.3 Å². The summed E-state index contributed by atoms with van der Waals surface area (Å²) < 4.78 is 5.50. The Kier molecular flexibility index (Phi) is 5.85. The molecule has 128 valence electrons. The van der Waals surface area contributed by atoms with Crippen LogP contribution in [0.1, 0.15) is 64.9 Å². The molecule has 0 amide bonds. The standard InChI is InChI=1S/C20H30O3/c1-19(2,3)14-15-23-18(21)20(22,16-10-6-4-7-11-16)17-12-8-5-9-13-17/h4,6-7,10-11,17,22H,5,8-9,12-15H2,1-3H3. The monoisotopic (exact) mass is 318 g/mol. The quantitative estimate of drug-likeness (QED) is 0.817. The molecule has 0 saturated heterocycles. The van der Waals surface area contributed by atoms with E-state index in [-0.39, 0.29) is 11.3 Å². The highest BCUT2D eigenvalue weighted by Crippen LogP contribution is 2.40. The van der Waals surface area contributed by atoms with Crippen LogP contribution in [0.2, 0.25) is 0 Å². The molecule has 1 atom stereocenters. The average Bonchev–Trinajstić information content (AvgIpc) is 2.54. The molecule has 1 aliphatic carbocycles. The molecular formula is C20H30O3. The highest BCUT2D eigenvalue weighted by molar-refractivity contribution is 5.81. The summed E-state index contributed by atoms with van der Waals surface area (Å²) in [5.74, 6) is -0.541. The topological polar surface area (TPSA) is 46.5 Å². The lowest BCUT2D eigenvalue weighted by molar-refractivity contribution is -0.176. The zero-order chi connectivity index (χ0) is 16.9. The molecule has 1 fully saturated rings. The Hall–Kier alpha value is -1.35. The van der Waals surface area contributed by atoms with Gasteiger partial charge in [0.1, 0.15) is 0 Å². The molecule has 0 aromatic heterocycles. The molecule has 23 heavy (non-hydrogen) atoms. The summed E-state index contributed by atoms with van der Waals surface area (Å²) in [4.78, 5) is 12.8. The van der Waals surface area contributed by atoms with Crippen LogP contribution in [0.15, 0.2) is 30.3 Å². The lowest BCUT2D eigenvalue weighted by Crippen LogP contribution is -2.45. The Balaban J connectivity index is 2.17. The van der Waals surface area contributed by atoms with Crippen LogP contribution in [0, 0.1) is 11.3 Å². The van der Waals surface area contributed by atoms with Gasteiger partial charge < -0.3 is 9.84 Å². The van der Waals surface area contributed by atoms with Crippen LogP contribution in [0.3, 0.4) is 0 Å². The van der Waals surface area contributed by atoms with E-state index in [1.807, 2.05) is 30.3 Å². The van der Waals surface area contributed by atoms with Crippen molar-refractivity contribution >= 4 is 5.97 Å². The first-order valence-electron chi connectivity index (χ1n) is 8.79. The fourth-order valence-electron chi connectivity index (χ4n) is 3.29. The number of benzene rings is 1. The Morgan fingerprint density at radius 3 is 2.30 bits per heavy atom. The molecule has 1 unspecified atom stereocenters. The minimum absolute atomic E-state index is 0.0548. The third-order valence-electron chi connectivity index (χ3n) is 4.81. The first-order chi connectivity index (χ1) is 10.8. The summed E-state index contributed by atoms with van der Waals surface area (Å²) in [5, 5.41) is 11.3. The molecule has 3 heteroatoms. The Morgan fingerprint density at radius 1 is 1.13 bits per heavy atom. The molecule has 1 N–H and O–H groups in total. The third-order valence-corrected chi connectivity index (χ3v) is 4.81. The number of rotatable bonds is 5. The van der Waals surface area contributed by atoms with E-state index in [1.165, 1.54) is 6.42 Å². The van der Waals surface area contributed by atoms with Gasteiger partial charge in [-0.25, -0.2) is 4.79 Å². The minimum atomic E-state index is -1.51. The molecule has 3 nitrogen and oxygen atoms in total. The van der Waals surface area contributed by atoms with Crippen LogP contribution >= 0.6 is 0 Å². The van der Waals surface area contributed by atoms with E-state index >= 15 is 0 Å². The fraction of sp³-hybridized carbons (Fsp3) is 0.650. The smallest absolute Gasteiger partial charge is 0.343 e. The Morgan fingerprint density at radius 2 is 1.74 bits per heavy atom. The summed E-state index contributed by atoms with van der Waals surface area (Å²) in [6, 6.07) is 9.30. The van der Waals surface area contributed by atoms with Crippen molar-refractivity contribution in [1.82, 2.24) is 0 Å². The van der Waals surface area contributed by atoms with Crippen LogP contribution in [0.5, 0.6) is 0 Å². The van der Waals surface area contributed by atoms with Crippen LogP contribution in [0.25, 0.3) is 0 Å². The highest BCUT2D eigenvalue weighted by atomic mass is 16.5. The van der Waals surface area contributed by atoms with Gasteiger partial charge in [0.15, 0.2) is 5.60 Å². The van der Waals surface area contributed by atoms with Gasteiger partial charge in [-0.1, -0.05) is 70.4 Å². The molecule has 0 heterocycles. The van der Waals surface area contributed by atoms with Crippen molar-refractivity contribution in [2.45, 2.75) is 64.9 Å². The second-order valence-corrected chi connectivity index (χ2v) is 7.91. The van der Waals surface area contributed by atoms with Crippen molar-refractivity contribution in [1.29, 1.82) is 0 Å². The van der Waals surface area contributed by atoms with Crippen molar-refractivity contribution < 1.29 is 14.6 Å². The maximum atomic E-state index is 12.8. The average molecular weight is 318 g/mol. The maximum Gasteiger partial charge on any atom is 0.343 e. The molecule has 2 rings (SSSR count). The number of esters is 1. The van der Waals surface area contributed by atoms with Gasteiger partial charge in [0.05, 0.1) is 6.61 Å². The molecule has 1 aromatic carbocycles. The van der Waals surface area contributed by atoms with Gasteiger partial charge in [0, 0.05) is 5.92 Å². The number of ether oxygens (including phenoxy) is 1. The zero-order valence-electron chi connectivity index (χ0n) is 14.7. The van der Waals surface area contributed by atoms with Gasteiger partial charge in [0.2, 0.25) is 0 Å². The number of carbonyl (C=O) groups is 1. The summed E-state index contributed by atoms with van der Waals surface area (Å²) in [6.45, 7) is 6.70. The largest absolute Gasteiger partial charge is 0.463 e. The van der Waals surface area contributed by atoms with Gasteiger partial charge in [-0.15, -0.1) is 0 Å². The van der Waals surface area contributed by atoms with E-state index in [1.54, 1.807) is 0 Å². The van der Waals surface area contributed by atoms with Gasteiger partial charge in [0.25, 0.3) is 0 Å². The van der Waals surface area contributed by atoms with Crippen molar-refractivity contribution in [3.05, 3.63) is 35.9 Å². The van der Waals surface area contributed by atoms with E-state index in [4.69, 9.17) is 4.74 Å². The van der Waals surface area contributed by atoms with E-state index in [0.717, 1.165) is 32.1 Å². The summed E-state index contributed by atoms with van der Waals surface area (Å²) in [5.41, 5.74) is -0.747. The highest BCUT2D eigenvalue weighted by Gasteiger charge is 2.47. The molecule has 1 saturated carbocycles. The molecular weight excluding hydrogens is 288 g/mol. The van der Waals surface area contributed by atoms with Crippen LogP contribution in [-0.2, 0) is 15.1 Å². The first kappa shape index (κ1) is 18.0. The summed E-state index contributed by atoms with van der Waals surface area (Å²) in [6.07, 6.45) is 5.85. The van der Waals surface area contributed by atoms with Crippen LogP contribution < -0.4 is 0 Å². The fourth-order valence-corrected chi connectivity index (χ4v) is 3.29. The number of aliphatic hydroxyl groups is 1. The van der Waals surface area contributed by atoms with Gasteiger partial charge >= 0.3 is 5.97 Å². The first-order valence-corrected chi connectivity index (χ1v) is 8.79. The van der Waals surface area contributed by atoms with Gasteiger partial charge in [-0.05, 0) is 30.2 Å². The molecule has 0 bridgehead atoms. The second-order valence-electron chi connectivity index (χ2n) is 7.91. The van der Waals surface area contributed by atoms with E-state index < -0.39 is 11.6 Å². The van der Waals surface area contributed by atoms with Gasteiger partial charge in [-0.2, -0.15) is 0 Å². The Labute approximate surface area is 140 Å². The molecule has 0 aliphatic heterocycles. The number of hydrogen-bond acceptors (Lipinski definition) is 3. The minimum Gasteiger partial charge on any atom is -0.463 e. The molecule has 0 spiro atoms. The summed E-state index contributed by atoms with van der Waals surface area (Å²) >= 11 is 0.